The van der Waals surface area contributed by atoms with Crippen molar-refractivity contribution in [3.8, 4) is 5.75 Å². The third-order valence-corrected chi connectivity index (χ3v) is 1.45. The van der Waals surface area contributed by atoms with Crippen molar-refractivity contribution in [2.45, 2.75) is 0 Å². The van der Waals surface area contributed by atoms with Crippen molar-refractivity contribution >= 4 is 35.0 Å². The first-order valence-corrected chi connectivity index (χ1v) is 4.34. The molecule has 14 heavy (non-hydrogen) atoms. The van der Waals surface area contributed by atoms with Crippen LogP contribution in [0.15, 0.2) is 40.0 Å². The average Bonchev–Trinajstić information content (AvgIpc) is 2.16. The summed E-state index contributed by atoms with van der Waals surface area (Å²) in [6.45, 7) is 0. The highest BCUT2D eigenvalue weighted by molar-refractivity contribution is 6.55. The second kappa shape index (κ2) is 5.45. The number of benzene rings is 1. The summed E-state index contributed by atoms with van der Waals surface area (Å²) < 4.78 is 5.05. The molecule has 0 atom stereocenters. The van der Waals surface area contributed by atoms with Crippen LogP contribution in [0.1, 0.15) is 0 Å². The Labute approximate surface area is 90.6 Å². The van der Waals surface area contributed by atoms with E-state index in [9.17, 15) is 4.79 Å². The zero-order valence-electron chi connectivity index (χ0n) is 6.91. The Kier molecular flexibility index (Phi) is 4.20. The second-order valence-corrected chi connectivity index (χ2v) is 3.23. The molecule has 0 saturated heterocycles. The second-order valence-electron chi connectivity index (χ2n) is 2.23. The molecule has 0 aromatic heterocycles. The molecule has 0 N–H and O–H groups in total. The first-order chi connectivity index (χ1) is 6.72. The van der Waals surface area contributed by atoms with Crippen molar-refractivity contribution in [2.75, 3.05) is 0 Å². The van der Waals surface area contributed by atoms with Gasteiger partial charge in [0.25, 0.3) is 0 Å². The number of rotatable bonds is 3. The van der Waals surface area contributed by atoms with Gasteiger partial charge in [-0.05, 0) is 12.1 Å². The quantitative estimate of drug-likeness (QED) is 0.453. The molecular weight excluding hydrogens is 225 g/mol. The number of carbonyl (C=O) groups excluding carboxylic acids is 1. The molecule has 1 aromatic carbocycles. The number of ether oxygens (including phenoxy) is 1. The Morgan fingerprint density at radius 1 is 1.50 bits per heavy atom. The lowest BCUT2D eigenvalue weighted by atomic mass is 10.3. The fourth-order valence-corrected chi connectivity index (χ4v) is 0.881. The minimum absolute atomic E-state index is 0.00860. The lowest BCUT2D eigenvalue weighted by molar-refractivity contribution is 0.481. The third-order valence-electron chi connectivity index (χ3n) is 1.28. The van der Waals surface area contributed by atoms with E-state index in [4.69, 9.17) is 27.9 Å². The van der Waals surface area contributed by atoms with Crippen molar-refractivity contribution in [3.05, 3.63) is 35.0 Å². The normalized spacial score (nSPS) is 8.71. The highest BCUT2D eigenvalue weighted by Crippen LogP contribution is 2.20. The van der Waals surface area contributed by atoms with E-state index in [1.54, 1.807) is 24.3 Å². The van der Waals surface area contributed by atoms with Crippen molar-refractivity contribution in [1.82, 2.24) is 0 Å². The van der Waals surface area contributed by atoms with Crippen molar-refractivity contribution in [2.24, 2.45) is 4.99 Å². The highest BCUT2D eigenvalue weighted by Gasteiger charge is 1.94. The van der Waals surface area contributed by atoms with Crippen LogP contribution in [0.3, 0.4) is 0 Å². The molecule has 0 unspecified atom stereocenters. The predicted molar refractivity (Wildman–Crippen MR) is 54.6 cm³/mol. The monoisotopic (exact) mass is 229 g/mol. The van der Waals surface area contributed by atoms with E-state index < -0.39 is 0 Å². The number of aliphatic imine (C=N–C) groups is 1. The summed E-state index contributed by atoms with van der Waals surface area (Å²) in [5, 5.41) is 0. The molecular formula is C9H5Cl2NO2. The molecule has 0 spiro atoms. The van der Waals surface area contributed by atoms with Gasteiger partial charge in [-0.15, -0.1) is 0 Å². The van der Waals surface area contributed by atoms with Crippen LogP contribution in [0.25, 0.3) is 0 Å². The lowest BCUT2D eigenvalue weighted by Crippen LogP contribution is -1.80. The molecule has 0 aliphatic rings. The summed E-state index contributed by atoms with van der Waals surface area (Å²) in [6.07, 6.45) is 2.60. The molecule has 3 nitrogen and oxygen atoms in total. The Morgan fingerprint density at radius 2 is 2.29 bits per heavy atom. The maximum atomic E-state index is 9.97. The van der Waals surface area contributed by atoms with Crippen molar-refractivity contribution in [1.29, 1.82) is 0 Å². The average molecular weight is 230 g/mol. The van der Waals surface area contributed by atoms with Gasteiger partial charge in [-0.1, -0.05) is 29.3 Å². The summed E-state index contributed by atoms with van der Waals surface area (Å²) in [5.74, 6) is 0.486. The van der Waals surface area contributed by atoms with Crippen molar-refractivity contribution in [3.63, 3.8) is 0 Å². The zero-order chi connectivity index (χ0) is 10.4. The van der Waals surface area contributed by atoms with E-state index in [0.29, 0.717) is 11.4 Å². The minimum atomic E-state index is 0.00860. The predicted octanol–water partition coefficient (Wildman–Crippen LogP) is 3.31. The van der Waals surface area contributed by atoms with Crippen LogP contribution in [0, 0.1) is 0 Å². The Balaban J connectivity index is 2.83. The van der Waals surface area contributed by atoms with Crippen molar-refractivity contribution < 1.29 is 9.53 Å². The summed E-state index contributed by atoms with van der Waals surface area (Å²) >= 11 is 10.7. The number of nitrogens with zero attached hydrogens (tertiary/aromatic N) is 1. The molecule has 1 aromatic rings. The Morgan fingerprint density at radius 3 is 2.93 bits per heavy atom. The van der Waals surface area contributed by atoms with Gasteiger partial charge in [-0.3, -0.25) is 0 Å². The number of isocyanates is 1. The number of hydrogen-bond acceptors (Lipinski definition) is 3. The zero-order valence-corrected chi connectivity index (χ0v) is 8.42. The Hall–Kier alpha value is -1.28. The summed E-state index contributed by atoms with van der Waals surface area (Å²) in [4.78, 5) is 13.4. The fourth-order valence-electron chi connectivity index (χ4n) is 0.792. The largest absolute Gasteiger partial charge is 0.462 e. The first kappa shape index (κ1) is 10.8. The highest BCUT2D eigenvalue weighted by atomic mass is 35.5. The van der Waals surface area contributed by atoms with Gasteiger partial charge in [0.1, 0.15) is 16.5 Å². The van der Waals surface area contributed by atoms with Crippen LogP contribution in [0.2, 0.25) is 0 Å². The topological polar surface area (TPSA) is 38.7 Å². The van der Waals surface area contributed by atoms with Gasteiger partial charge < -0.3 is 4.74 Å². The van der Waals surface area contributed by atoms with Crippen LogP contribution in [0.5, 0.6) is 5.75 Å². The van der Waals surface area contributed by atoms with E-state index in [1.807, 2.05) is 0 Å². The maximum absolute atomic E-state index is 9.97. The smallest absolute Gasteiger partial charge is 0.240 e. The van der Waals surface area contributed by atoms with Crippen LogP contribution in [-0.4, -0.2) is 6.08 Å². The summed E-state index contributed by atoms with van der Waals surface area (Å²) in [5.41, 5.74) is 0.455. The molecule has 0 fully saturated rings. The van der Waals surface area contributed by atoms with E-state index in [-0.39, 0.29) is 4.49 Å². The molecule has 0 heterocycles. The molecule has 0 bridgehead atoms. The van der Waals surface area contributed by atoms with E-state index in [1.165, 1.54) is 12.3 Å². The van der Waals surface area contributed by atoms with Crippen LogP contribution in [0.4, 0.5) is 5.69 Å². The van der Waals surface area contributed by atoms with Gasteiger partial charge >= 0.3 is 0 Å². The van der Waals surface area contributed by atoms with Gasteiger partial charge in [0.05, 0.1) is 5.69 Å². The number of halogens is 2. The SMILES string of the molecule is O=C=Nc1cccc(OC=C(Cl)Cl)c1. The molecule has 5 heteroatoms. The number of hydrogen-bond donors (Lipinski definition) is 0. The first-order valence-electron chi connectivity index (χ1n) is 3.58. The standard InChI is InChI=1S/C9H5Cl2NO2/c10-9(11)5-14-8-3-1-2-7(4-8)12-6-13/h1-5H. The molecule has 0 radical (unpaired) electrons. The van der Waals surface area contributed by atoms with Gasteiger partial charge in [0, 0.05) is 6.07 Å². The van der Waals surface area contributed by atoms with Gasteiger partial charge in [-0.2, -0.15) is 4.99 Å². The van der Waals surface area contributed by atoms with E-state index >= 15 is 0 Å². The molecule has 0 aliphatic carbocycles. The Bertz CT molecular complexity index is 394. The molecule has 0 aliphatic heterocycles. The van der Waals surface area contributed by atoms with Crippen LogP contribution in [-0.2, 0) is 4.79 Å². The van der Waals surface area contributed by atoms with Gasteiger partial charge in [0.15, 0.2) is 0 Å². The fraction of sp³-hybridized carbons (Fsp3) is 0. The molecule has 0 amide bonds. The van der Waals surface area contributed by atoms with E-state index in [2.05, 4.69) is 4.99 Å². The molecule has 72 valence electrons. The maximum Gasteiger partial charge on any atom is 0.240 e. The molecule has 1 rings (SSSR count). The van der Waals surface area contributed by atoms with Gasteiger partial charge in [0.2, 0.25) is 6.08 Å². The minimum Gasteiger partial charge on any atom is -0.462 e. The van der Waals surface area contributed by atoms with Crippen LogP contribution >= 0.6 is 23.2 Å². The third kappa shape index (κ3) is 3.62. The van der Waals surface area contributed by atoms with Crippen LogP contribution < -0.4 is 4.74 Å². The lowest BCUT2D eigenvalue weighted by Gasteiger charge is -1.99. The molecule has 0 saturated carbocycles. The summed E-state index contributed by atoms with van der Waals surface area (Å²) in [7, 11) is 0. The summed E-state index contributed by atoms with van der Waals surface area (Å²) in [6, 6.07) is 6.56. The van der Waals surface area contributed by atoms with E-state index in [0.717, 1.165) is 0 Å². The van der Waals surface area contributed by atoms with Gasteiger partial charge in [-0.25, -0.2) is 4.79 Å².